The van der Waals surface area contributed by atoms with Crippen molar-refractivity contribution >= 4 is 12.0 Å². The van der Waals surface area contributed by atoms with Gasteiger partial charge in [-0.2, -0.15) is 0 Å². The van der Waals surface area contributed by atoms with Gasteiger partial charge in [-0.05, 0) is 0 Å². The number of hydrogen-bond donors (Lipinski definition) is 2. The molecule has 0 aliphatic rings. The summed E-state index contributed by atoms with van der Waals surface area (Å²) >= 11 is 0. The van der Waals surface area contributed by atoms with Crippen LogP contribution in [0, 0.1) is 0 Å². The molecule has 3 N–H and O–H groups in total. The first-order valence-corrected chi connectivity index (χ1v) is 2.02. The quantitative estimate of drug-likeness (QED) is 0.405. The van der Waals surface area contributed by atoms with E-state index >= 15 is 0 Å². The third-order valence-corrected chi connectivity index (χ3v) is 0.624. The Morgan fingerprint density at radius 1 is 1.70 bits per heavy atom. The zero-order valence-corrected chi connectivity index (χ0v) is 7.24. The van der Waals surface area contributed by atoms with Crippen LogP contribution in [0.3, 0.4) is 0 Å². The summed E-state index contributed by atoms with van der Waals surface area (Å²) in [5.74, 6) is -1.77. The van der Waals surface area contributed by atoms with Crippen molar-refractivity contribution < 1.29 is 45.3 Å². The molecule has 1 rings (SSSR count). The molecule has 0 aromatic carbocycles. The molecule has 0 saturated heterocycles. The van der Waals surface area contributed by atoms with Gasteiger partial charge in [-0.25, -0.2) is 4.79 Å². The molecule has 1 aromatic heterocycles. The summed E-state index contributed by atoms with van der Waals surface area (Å²) in [4.78, 5) is 9.96. The van der Waals surface area contributed by atoms with Gasteiger partial charge in [0.05, 0.1) is 0 Å². The van der Waals surface area contributed by atoms with Crippen molar-refractivity contribution in [3.8, 4) is 0 Å². The van der Waals surface area contributed by atoms with Crippen LogP contribution >= 0.6 is 0 Å². The molecule has 0 saturated carbocycles. The van der Waals surface area contributed by atoms with Crippen LogP contribution in [0.25, 0.3) is 0 Å². The van der Waals surface area contributed by atoms with E-state index in [1.54, 1.807) is 0 Å². The maximum absolute atomic E-state index is 9.96. The number of aromatic carboxylic acids is 1. The van der Waals surface area contributed by atoms with E-state index in [4.69, 9.17) is 10.8 Å². The van der Waals surface area contributed by atoms with Crippen LogP contribution in [-0.4, -0.2) is 21.3 Å². The van der Waals surface area contributed by atoms with Gasteiger partial charge in [0.1, 0.15) is 0 Å². The van der Waals surface area contributed by atoms with Crippen molar-refractivity contribution in [3.63, 3.8) is 0 Å². The van der Waals surface area contributed by atoms with E-state index in [1.807, 2.05) is 0 Å². The van der Waals surface area contributed by atoms with Crippen LogP contribution in [0.15, 0.2) is 4.42 Å². The summed E-state index contributed by atoms with van der Waals surface area (Å²) < 4.78 is 4.30. The Labute approximate surface area is 79.2 Å². The fourth-order valence-corrected chi connectivity index (χ4v) is 0.321. The summed E-state index contributed by atoms with van der Waals surface area (Å²) in [5.41, 5.74) is 4.91. The molecule has 1 heterocycles. The topological polar surface area (TPSA) is 102 Å². The molecular formula is C3H4N3NaO3. The van der Waals surface area contributed by atoms with Crippen LogP contribution in [0.5, 0.6) is 0 Å². The van der Waals surface area contributed by atoms with E-state index in [1.165, 1.54) is 0 Å². The number of hydrogen-bond acceptors (Lipinski definition) is 5. The maximum Gasteiger partial charge on any atom is 1.00 e. The molecule has 0 aliphatic carbocycles. The molecule has 0 bridgehead atoms. The van der Waals surface area contributed by atoms with Gasteiger partial charge < -0.3 is 16.7 Å². The van der Waals surface area contributed by atoms with Crippen LogP contribution in [0.4, 0.5) is 6.01 Å². The molecule has 0 radical (unpaired) electrons. The SMILES string of the molecule is Nc1nnc(C(=O)O)o1.[H-].[Na+]. The Kier molecular flexibility index (Phi) is 3.34. The van der Waals surface area contributed by atoms with Crippen LogP contribution in [0.1, 0.15) is 12.1 Å². The minimum absolute atomic E-state index is 0. The fraction of sp³-hybridized carbons (Fsp3) is 0. The summed E-state index contributed by atoms with van der Waals surface area (Å²) in [6.45, 7) is 0. The van der Waals surface area contributed by atoms with Gasteiger partial charge in [-0.15, -0.1) is 0 Å². The van der Waals surface area contributed by atoms with E-state index in [-0.39, 0.29) is 37.0 Å². The first kappa shape index (κ1) is 9.41. The molecule has 0 fully saturated rings. The number of rotatable bonds is 1. The Hall–Kier alpha value is -0.590. The summed E-state index contributed by atoms with van der Waals surface area (Å²) in [6, 6.07) is -0.243. The minimum atomic E-state index is -1.28. The molecule has 7 heteroatoms. The Balaban J connectivity index is 0. The van der Waals surface area contributed by atoms with E-state index in [2.05, 4.69) is 14.6 Å². The van der Waals surface area contributed by atoms with E-state index in [0.29, 0.717) is 0 Å². The number of carbonyl (C=O) groups is 1. The molecular weight excluding hydrogens is 149 g/mol. The molecule has 0 unspecified atom stereocenters. The number of nitrogens with two attached hydrogens (primary N) is 1. The third-order valence-electron chi connectivity index (χ3n) is 0.624. The van der Waals surface area contributed by atoms with Crippen molar-refractivity contribution in [1.82, 2.24) is 10.2 Å². The van der Waals surface area contributed by atoms with E-state index in [9.17, 15) is 4.79 Å². The Morgan fingerprint density at radius 3 is 2.50 bits per heavy atom. The van der Waals surface area contributed by atoms with E-state index in [0.717, 1.165) is 0 Å². The second-order valence-corrected chi connectivity index (χ2v) is 1.25. The normalized spacial score (nSPS) is 8.40. The van der Waals surface area contributed by atoms with Gasteiger partial charge in [0.15, 0.2) is 0 Å². The van der Waals surface area contributed by atoms with Crippen molar-refractivity contribution in [3.05, 3.63) is 5.89 Å². The predicted molar refractivity (Wildman–Crippen MR) is 26.8 cm³/mol. The second kappa shape index (κ2) is 3.55. The fourth-order valence-electron chi connectivity index (χ4n) is 0.321. The van der Waals surface area contributed by atoms with Gasteiger partial charge >= 0.3 is 47.4 Å². The summed E-state index contributed by atoms with van der Waals surface area (Å²) in [5, 5.41) is 14.3. The van der Waals surface area contributed by atoms with Crippen molar-refractivity contribution in [2.75, 3.05) is 5.73 Å². The smallest absolute Gasteiger partial charge is 1.00 e. The first-order valence-electron chi connectivity index (χ1n) is 2.02. The zero-order valence-electron chi connectivity index (χ0n) is 6.24. The standard InChI is InChI=1S/C3H3N3O3.Na.H/c4-3-6-5-1(9-3)2(7)8;;/h(H2,4,6)(H,7,8);;/q;+1;-1. The first-order chi connectivity index (χ1) is 4.20. The molecule has 10 heavy (non-hydrogen) atoms. The van der Waals surface area contributed by atoms with Gasteiger partial charge in [0.2, 0.25) is 0 Å². The molecule has 0 atom stereocenters. The predicted octanol–water partition coefficient (Wildman–Crippen LogP) is -3.53. The van der Waals surface area contributed by atoms with Crippen molar-refractivity contribution in [2.24, 2.45) is 0 Å². The van der Waals surface area contributed by atoms with E-state index < -0.39 is 11.9 Å². The van der Waals surface area contributed by atoms with Crippen molar-refractivity contribution in [2.45, 2.75) is 0 Å². The van der Waals surface area contributed by atoms with Crippen LogP contribution < -0.4 is 35.3 Å². The second-order valence-electron chi connectivity index (χ2n) is 1.25. The Morgan fingerprint density at radius 2 is 2.30 bits per heavy atom. The van der Waals surface area contributed by atoms with Crippen molar-refractivity contribution in [1.29, 1.82) is 0 Å². The maximum atomic E-state index is 9.96. The molecule has 1 aromatic rings. The number of carboxylic acid groups (broad SMARTS) is 1. The zero-order chi connectivity index (χ0) is 6.85. The molecule has 0 spiro atoms. The van der Waals surface area contributed by atoms with Gasteiger partial charge in [0, 0.05) is 0 Å². The largest absolute Gasteiger partial charge is 1.00 e. The number of anilines is 1. The average molecular weight is 153 g/mol. The number of nitrogen functional groups attached to an aromatic ring is 1. The molecule has 0 aliphatic heterocycles. The number of aromatic nitrogens is 2. The molecule has 0 amide bonds. The van der Waals surface area contributed by atoms with Gasteiger partial charge in [-0.3, -0.25) is 0 Å². The molecule has 6 nitrogen and oxygen atoms in total. The molecule has 50 valence electrons. The van der Waals surface area contributed by atoms with Crippen LogP contribution in [0.2, 0.25) is 0 Å². The minimum Gasteiger partial charge on any atom is -1.00 e. The van der Waals surface area contributed by atoms with Gasteiger partial charge in [-0.1, -0.05) is 10.2 Å². The van der Waals surface area contributed by atoms with Gasteiger partial charge in [0.25, 0.3) is 0 Å². The average Bonchev–Trinajstić information content (AvgIpc) is 2.14. The third kappa shape index (κ3) is 1.98. The number of nitrogens with zero attached hydrogens (tertiary/aromatic N) is 2. The summed E-state index contributed by atoms with van der Waals surface area (Å²) in [6.07, 6.45) is 0. The summed E-state index contributed by atoms with van der Waals surface area (Å²) in [7, 11) is 0. The number of carboxylic acids is 1. The van der Waals surface area contributed by atoms with Crippen LogP contribution in [-0.2, 0) is 0 Å². The Bertz CT molecular complexity index is 239. The monoisotopic (exact) mass is 153 g/mol.